The fraction of sp³-hybridized carbons (Fsp3) is 0.150. The zero-order valence-electron chi connectivity index (χ0n) is 13.7. The number of carbonyl (C=O) groups is 1. The fourth-order valence-corrected chi connectivity index (χ4v) is 4.39. The van der Waals surface area contributed by atoms with Gasteiger partial charge in [0.05, 0.1) is 5.56 Å². The molecule has 2 nitrogen and oxygen atoms in total. The molecule has 1 N–H and O–H groups in total. The molecule has 1 amide bonds. The average molecular weight is 354 g/mol. The largest absolute Gasteiger partial charge is 0.322 e. The molecule has 0 saturated carbocycles. The van der Waals surface area contributed by atoms with Gasteiger partial charge in [0.25, 0.3) is 5.91 Å². The lowest BCUT2D eigenvalue weighted by atomic mass is 10.1. The maximum atomic E-state index is 12.7. The molecule has 0 aliphatic carbocycles. The standard InChI is InChI=1S/C20H19NOS2/c1-14-10-15(2)12-16(11-14)21-20(22)18-7-3-4-8-19(18)24-13-17-6-5-9-23-17/h3-12H,13H2,1-2H3,(H,21,22). The Labute approximate surface area is 150 Å². The Morgan fingerprint density at radius 2 is 1.79 bits per heavy atom. The van der Waals surface area contributed by atoms with Crippen LogP contribution >= 0.6 is 23.1 Å². The first-order valence-electron chi connectivity index (χ1n) is 7.76. The van der Waals surface area contributed by atoms with Crippen molar-refractivity contribution >= 4 is 34.7 Å². The number of carbonyl (C=O) groups excluding carboxylic acids is 1. The van der Waals surface area contributed by atoms with Crippen molar-refractivity contribution in [3.8, 4) is 0 Å². The average Bonchev–Trinajstić information content (AvgIpc) is 3.05. The number of nitrogens with one attached hydrogen (secondary N) is 1. The van der Waals surface area contributed by atoms with Crippen molar-refractivity contribution < 1.29 is 4.79 Å². The SMILES string of the molecule is Cc1cc(C)cc(NC(=O)c2ccccc2SCc2cccs2)c1. The first-order valence-corrected chi connectivity index (χ1v) is 9.62. The number of hydrogen-bond donors (Lipinski definition) is 1. The summed E-state index contributed by atoms with van der Waals surface area (Å²) in [5.41, 5.74) is 3.85. The van der Waals surface area contributed by atoms with Gasteiger partial charge in [-0.25, -0.2) is 0 Å². The van der Waals surface area contributed by atoms with Crippen LogP contribution in [0.1, 0.15) is 26.4 Å². The Kier molecular flexibility index (Phi) is 5.38. The number of aryl methyl sites for hydroxylation is 2. The van der Waals surface area contributed by atoms with Crippen LogP contribution in [0.4, 0.5) is 5.69 Å². The topological polar surface area (TPSA) is 29.1 Å². The van der Waals surface area contributed by atoms with Gasteiger partial charge in [-0.1, -0.05) is 24.3 Å². The van der Waals surface area contributed by atoms with Crippen molar-refractivity contribution in [1.29, 1.82) is 0 Å². The van der Waals surface area contributed by atoms with Crippen LogP contribution in [-0.2, 0) is 5.75 Å². The third-order valence-electron chi connectivity index (χ3n) is 3.56. The lowest BCUT2D eigenvalue weighted by Crippen LogP contribution is -2.13. The highest BCUT2D eigenvalue weighted by Gasteiger charge is 2.12. The monoisotopic (exact) mass is 353 g/mol. The number of thiophene rings is 1. The summed E-state index contributed by atoms with van der Waals surface area (Å²) >= 11 is 3.44. The van der Waals surface area contributed by atoms with E-state index in [0.29, 0.717) is 0 Å². The molecule has 0 fully saturated rings. The second-order valence-electron chi connectivity index (χ2n) is 5.69. The van der Waals surface area contributed by atoms with E-state index in [1.54, 1.807) is 23.1 Å². The molecule has 3 rings (SSSR count). The minimum atomic E-state index is -0.0609. The van der Waals surface area contributed by atoms with Crippen molar-refractivity contribution in [2.45, 2.75) is 24.5 Å². The van der Waals surface area contributed by atoms with E-state index in [0.717, 1.165) is 33.0 Å². The van der Waals surface area contributed by atoms with Crippen molar-refractivity contribution in [2.24, 2.45) is 0 Å². The zero-order chi connectivity index (χ0) is 16.9. The minimum absolute atomic E-state index is 0.0609. The summed E-state index contributed by atoms with van der Waals surface area (Å²) < 4.78 is 0. The predicted octanol–water partition coefficient (Wildman–Crippen LogP) is 5.91. The van der Waals surface area contributed by atoms with Gasteiger partial charge in [-0.15, -0.1) is 23.1 Å². The molecule has 0 unspecified atom stereocenters. The summed E-state index contributed by atoms with van der Waals surface area (Å²) in [5.74, 6) is 0.820. The lowest BCUT2D eigenvalue weighted by molar-refractivity contribution is 0.102. The van der Waals surface area contributed by atoms with Crippen LogP contribution in [0.25, 0.3) is 0 Å². The van der Waals surface area contributed by atoms with Gasteiger partial charge in [0.1, 0.15) is 0 Å². The van der Waals surface area contributed by atoms with Crippen LogP contribution in [-0.4, -0.2) is 5.91 Å². The molecule has 122 valence electrons. The highest BCUT2D eigenvalue weighted by Crippen LogP contribution is 2.28. The molecule has 0 atom stereocenters. The number of anilines is 1. The van der Waals surface area contributed by atoms with Crippen molar-refractivity contribution in [1.82, 2.24) is 0 Å². The maximum Gasteiger partial charge on any atom is 0.256 e. The van der Waals surface area contributed by atoms with E-state index in [2.05, 4.69) is 28.9 Å². The predicted molar refractivity (Wildman–Crippen MR) is 104 cm³/mol. The third kappa shape index (κ3) is 4.28. The summed E-state index contributed by atoms with van der Waals surface area (Å²) in [6.45, 7) is 4.07. The summed E-state index contributed by atoms with van der Waals surface area (Å²) in [6, 6.07) is 18.0. The highest BCUT2D eigenvalue weighted by atomic mass is 32.2. The van der Waals surface area contributed by atoms with Gasteiger partial charge in [-0.3, -0.25) is 4.79 Å². The van der Waals surface area contributed by atoms with Crippen LogP contribution in [0.3, 0.4) is 0 Å². The van der Waals surface area contributed by atoms with E-state index in [1.165, 1.54) is 4.88 Å². The molecule has 3 aromatic rings. The number of hydrogen-bond acceptors (Lipinski definition) is 3. The summed E-state index contributed by atoms with van der Waals surface area (Å²) in [4.78, 5) is 15.0. The zero-order valence-corrected chi connectivity index (χ0v) is 15.3. The van der Waals surface area contributed by atoms with Crippen LogP contribution in [0.2, 0.25) is 0 Å². The number of amides is 1. The van der Waals surface area contributed by atoms with Gasteiger partial charge in [0.15, 0.2) is 0 Å². The third-order valence-corrected chi connectivity index (χ3v) is 5.74. The van der Waals surface area contributed by atoms with E-state index in [1.807, 2.05) is 50.2 Å². The van der Waals surface area contributed by atoms with Crippen molar-refractivity contribution in [3.05, 3.63) is 81.5 Å². The van der Waals surface area contributed by atoms with Gasteiger partial charge in [0.2, 0.25) is 0 Å². The second kappa shape index (κ2) is 7.69. The van der Waals surface area contributed by atoms with E-state index in [-0.39, 0.29) is 5.91 Å². The van der Waals surface area contributed by atoms with Gasteiger partial charge in [0, 0.05) is 21.2 Å². The number of benzene rings is 2. The molecular formula is C20H19NOS2. The van der Waals surface area contributed by atoms with E-state index < -0.39 is 0 Å². The molecule has 0 bridgehead atoms. The molecule has 2 aromatic carbocycles. The first kappa shape index (κ1) is 16.8. The summed E-state index contributed by atoms with van der Waals surface area (Å²) in [5, 5.41) is 5.10. The van der Waals surface area contributed by atoms with Gasteiger partial charge in [-0.2, -0.15) is 0 Å². The molecule has 0 saturated heterocycles. The van der Waals surface area contributed by atoms with Gasteiger partial charge >= 0.3 is 0 Å². The van der Waals surface area contributed by atoms with E-state index in [9.17, 15) is 4.79 Å². The molecule has 0 aliphatic rings. The molecule has 24 heavy (non-hydrogen) atoms. The Morgan fingerprint density at radius 3 is 2.50 bits per heavy atom. The van der Waals surface area contributed by atoms with Crippen LogP contribution < -0.4 is 5.32 Å². The van der Waals surface area contributed by atoms with Crippen LogP contribution in [0.15, 0.2) is 64.9 Å². The highest BCUT2D eigenvalue weighted by molar-refractivity contribution is 7.98. The van der Waals surface area contributed by atoms with Gasteiger partial charge < -0.3 is 5.32 Å². The quantitative estimate of drug-likeness (QED) is 0.578. The smallest absolute Gasteiger partial charge is 0.256 e. The van der Waals surface area contributed by atoms with E-state index in [4.69, 9.17) is 0 Å². The molecule has 0 spiro atoms. The Balaban J connectivity index is 1.76. The van der Waals surface area contributed by atoms with E-state index >= 15 is 0 Å². The first-order chi connectivity index (χ1) is 11.6. The maximum absolute atomic E-state index is 12.7. The molecule has 4 heteroatoms. The molecule has 0 radical (unpaired) electrons. The molecule has 1 heterocycles. The van der Waals surface area contributed by atoms with Crippen molar-refractivity contribution in [2.75, 3.05) is 5.32 Å². The van der Waals surface area contributed by atoms with Crippen LogP contribution in [0.5, 0.6) is 0 Å². The lowest BCUT2D eigenvalue weighted by Gasteiger charge is -2.11. The molecule has 0 aliphatic heterocycles. The summed E-state index contributed by atoms with van der Waals surface area (Å²) in [6.07, 6.45) is 0. The van der Waals surface area contributed by atoms with Crippen LogP contribution in [0, 0.1) is 13.8 Å². The second-order valence-corrected chi connectivity index (χ2v) is 7.74. The van der Waals surface area contributed by atoms with Crippen molar-refractivity contribution in [3.63, 3.8) is 0 Å². The minimum Gasteiger partial charge on any atom is -0.322 e. The molecule has 1 aromatic heterocycles. The van der Waals surface area contributed by atoms with Gasteiger partial charge in [-0.05, 0) is 60.7 Å². The normalized spacial score (nSPS) is 10.6. The number of thioether (sulfide) groups is 1. The number of rotatable bonds is 5. The Morgan fingerprint density at radius 1 is 1.04 bits per heavy atom. The fourth-order valence-electron chi connectivity index (χ4n) is 2.57. The Hall–Kier alpha value is -2.04. The molecular weight excluding hydrogens is 334 g/mol. The summed E-state index contributed by atoms with van der Waals surface area (Å²) in [7, 11) is 0. The Bertz CT molecular complexity index is 820.